The molecule has 100 valence electrons. The first kappa shape index (κ1) is 13.9. The van der Waals surface area contributed by atoms with E-state index < -0.39 is 0 Å². The number of halogens is 1. The maximum atomic E-state index is 6.35. The molecule has 0 radical (unpaired) electrons. The highest BCUT2D eigenvalue weighted by atomic mass is 79.9. The minimum absolute atomic E-state index is 0.277. The topological polar surface area (TPSA) is 44.5 Å². The van der Waals surface area contributed by atoms with Crippen LogP contribution in [0.2, 0.25) is 0 Å². The van der Waals surface area contributed by atoms with Crippen LogP contribution >= 0.6 is 15.9 Å². The Labute approximate surface area is 121 Å². The molecule has 2 aromatic carbocycles. The summed E-state index contributed by atoms with van der Waals surface area (Å²) in [4.78, 5) is 0. The van der Waals surface area contributed by atoms with Crippen LogP contribution in [-0.4, -0.2) is 14.2 Å². The first-order valence-electron chi connectivity index (χ1n) is 5.89. The molecule has 0 fully saturated rings. The van der Waals surface area contributed by atoms with Crippen molar-refractivity contribution < 1.29 is 9.47 Å². The Morgan fingerprint density at radius 1 is 1.00 bits per heavy atom. The van der Waals surface area contributed by atoms with Gasteiger partial charge in [-0.25, -0.2) is 0 Å². The van der Waals surface area contributed by atoms with E-state index in [9.17, 15) is 0 Å². The smallest absolute Gasteiger partial charge is 0.124 e. The van der Waals surface area contributed by atoms with E-state index in [0.717, 1.165) is 27.1 Å². The van der Waals surface area contributed by atoms with Crippen LogP contribution in [0.3, 0.4) is 0 Å². The average Bonchev–Trinajstić information content (AvgIpc) is 2.46. The summed E-state index contributed by atoms with van der Waals surface area (Å²) in [6.07, 6.45) is 0. The Morgan fingerprint density at radius 2 is 1.74 bits per heavy atom. The lowest BCUT2D eigenvalue weighted by Crippen LogP contribution is -2.13. The molecule has 0 bridgehead atoms. The maximum absolute atomic E-state index is 6.35. The second-order valence-corrected chi connectivity index (χ2v) is 4.96. The zero-order chi connectivity index (χ0) is 13.8. The lowest BCUT2D eigenvalue weighted by atomic mass is 9.98. The lowest BCUT2D eigenvalue weighted by Gasteiger charge is -2.18. The molecule has 3 nitrogen and oxygen atoms in total. The van der Waals surface area contributed by atoms with Gasteiger partial charge in [-0.05, 0) is 29.8 Å². The van der Waals surface area contributed by atoms with E-state index in [0.29, 0.717) is 0 Å². The number of benzene rings is 2. The zero-order valence-corrected chi connectivity index (χ0v) is 12.5. The summed E-state index contributed by atoms with van der Waals surface area (Å²) in [5.74, 6) is 1.52. The van der Waals surface area contributed by atoms with Gasteiger partial charge in [-0.1, -0.05) is 34.1 Å². The van der Waals surface area contributed by atoms with Crippen molar-refractivity contribution in [3.05, 3.63) is 58.1 Å². The van der Waals surface area contributed by atoms with Crippen molar-refractivity contribution in [3.8, 4) is 11.5 Å². The zero-order valence-electron chi connectivity index (χ0n) is 10.9. The molecular weight excluding hydrogens is 306 g/mol. The number of methoxy groups -OCH3 is 2. The van der Waals surface area contributed by atoms with Crippen molar-refractivity contribution in [2.45, 2.75) is 6.04 Å². The maximum Gasteiger partial charge on any atom is 0.124 e. The molecule has 1 atom stereocenters. The predicted octanol–water partition coefficient (Wildman–Crippen LogP) is 3.51. The Kier molecular flexibility index (Phi) is 4.45. The van der Waals surface area contributed by atoms with Gasteiger partial charge in [-0.3, -0.25) is 0 Å². The van der Waals surface area contributed by atoms with Gasteiger partial charge >= 0.3 is 0 Å². The van der Waals surface area contributed by atoms with Gasteiger partial charge in [-0.15, -0.1) is 0 Å². The van der Waals surface area contributed by atoms with Crippen LogP contribution in [0.25, 0.3) is 0 Å². The molecule has 0 saturated carbocycles. The summed E-state index contributed by atoms with van der Waals surface area (Å²) in [5.41, 5.74) is 8.26. The van der Waals surface area contributed by atoms with E-state index in [1.54, 1.807) is 14.2 Å². The van der Waals surface area contributed by atoms with Crippen molar-refractivity contribution in [3.63, 3.8) is 0 Å². The van der Waals surface area contributed by atoms with Crippen LogP contribution in [0.1, 0.15) is 17.2 Å². The second-order valence-electron chi connectivity index (χ2n) is 4.11. The van der Waals surface area contributed by atoms with E-state index in [1.807, 2.05) is 42.5 Å². The Bertz CT molecular complexity index is 572. The average molecular weight is 322 g/mol. The van der Waals surface area contributed by atoms with Crippen molar-refractivity contribution in [2.24, 2.45) is 5.73 Å². The van der Waals surface area contributed by atoms with Gasteiger partial charge in [0.2, 0.25) is 0 Å². The van der Waals surface area contributed by atoms with Gasteiger partial charge in [0.25, 0.3) is 0 Å². The first-order valence-corrected chi connectivity index (χ1v) is 6.68. The minimum atomic E-state index is -0.277. The van der Waals surface area contributed by atoms with E-state index in [4.69, 9.17) is 15.2 Å². The molecule has 0 aliphatic rings. The molecule has 0 aliphatic heterocycles. The van der Waals surface area contributed by atoms with Gasteiger partial charge in [0.1, 0.15) is 11.5 Å². The number of nitrogens with two attached hydrogens (primary N) is 1. The summed E-state index contributed by atoms with van der Waals surface area (Å²) < 4.78 is 11.6. The standard InChI is InChI=1S/C15H16BrNO2/c1-18-10-7-8-14(19-2)12(9-10)15(17)11-5-3-4-6-13(11)16/h3-9,15H,17H2,1-2H3. The number of ether oxygens (including phenoxy) is 2. The fraction of sp³-hybridized carbons (Fsp3) is 0.200. The van der Waals surface area contributed by atoms with Crippen LogP contribution in [0.4, 0.5) is 0 Å². The molecule has 0 heterocycles. The molecule has 4 heteroatoms. The third-order valence-corrected chi connectivity index (χ3v) is 3.73. The second kappa shape index (κ2) is 6.08. The Balaban J connectivity index is 2.48. The lowest BCUT2D eigenvalue weighted by molar-refractivity contribution is 0.397. The van der Waals surface area contributed by atoms with Crippen molar-refractivity contribution in [1.29, 1.82) is 0 Å². The van der Waals surface area contributed by atoms with E-state index in [2.05, 4.69) is 15.9 Å². The fourth-order valence-electron chi connectivity index (χ4n) is 1.98. The molecular formula is C15H16BrNO2. The van der Waals surface area contributed by atoms with Gasteiger partial charge in [-0.2, -0.15) is 0 Å². The molecule has 0 saturated heterocycles. The third kappa shape index (κ3) is 2.91. The molecule has 0 aromatic heterocycles. The van der Waals surface area contributed by atoms with Crippen LogP contribution in [-0.2, 0) is 0 Å². The van der Waals surface area contributed by atoms with Crippen molar-refractivity contribution in [1.82, 2.24) is 0 Å². The predicted molar refractivity (Wildman–Crippen MR) is 79.7 cm³/mol. The van der Waals surface area contributed by atoms with Crippen LogP contribution < -0.4 is 15.2 Å². The van der Waals surface area contributed by atoms with Crippen LogP contribution in [0, 0.1) is 0 Å². The van der Waals surface area contributed by atoms with E-state index in [-0.39, 0.29) is 6.04 Å². The molecule has 19 heavy (non-hydrogen) atoms. The van der Waals surface area contributed by atoms with Gasteiger partial charge in [0.15, 0.2) is 0 Å². The van der Waals surface area contributed by atoms with Gasteiger partial charge in [0, 0.05) is 10.0 Å². The van der Waals surface area contributed by atoms with Crippen molar-refractivity contribution in [2.75, 3.05) is 14.2 Å². The molecule has 0 amide bonds. The molecule has 0 aliphatic carbocycles. The summed E-state index contributed by atoms with van der Waals surface area (Å²) in [7, 11) is 3.27. The highest BCUT2D eigenvalue weighted by Gasteiger charge is 2.17. The fourth-order valence-corrected chi connectivity index (χ4v) is 2.51. The van der Waals surface area contributed by atoms with E-state index >= 15 is 0 Å². The number of hydrogen-bond donors (Lipinski definition) is 1. The normalized spacial score (nSPS) is 12.0. The highest BCUT2D eigenvalue weighted by Crippen LogP contribution is 2.34. The SMILES string of the molecule is COc1ccc(OC)c(C(N)c2ccccc2Br)c1. The largest absolute Gasteiger partial charge is 0.497 e. The van der Waals surface area contributed by atoms with E-state index in [1.165, 1.54) is 0 Å². The first-order chi connectivity index (χ1) is 9.17. The van der Waals surface area contributed by atoms with Crippen LogP contribution in [0.5, 0.6) is 11.5 Å². The molecule has 2 N–H and O–H groups in total. The molecule has 2 aromatic rings. The number of rotatable bonds is 4. The Hall–Kier alpha value is -1.52. The van der Waals surface area contributed by atoms with Gasteiger partial charge in [0.05, 0.1) is 20.3 Å². The Morgan fingerprint density at radius 3 is 2.37 bits per heavy atom. The van der Waals surface area contributed by atoms with Gasteiger partial charge < -0.3 is 15.2 Å². The quantitative estimate of drug-likeness (QED) is 0.937. The molecule has 1 unspecified atom stereocenters. The van der Waals surface area contributed by atoms with Crippen molar-refractivity contribution >= 4 is 15.9 Å². The number of hydrogen-bond acceptors (Lipinski definition) is 3. The summed E-state index contributed by atoms with van der Waals surface area (Å²) >= 11 is 3.52. The summed E-state index contributed by atoms with van der Waals surface area (Å²) in [6, 6.07) is 13.2. The van der Waals surface area contributed by atoms with Crippen LogP contribution in [0.15, 0.2) is 46.9 Å². The third-order valence-electron chi connectivity index (χ3n) is 3.01. The summed E-state index contributed by atoms with van der Waals surface area (Å²) in [6.45, 7) is 0. The summed E-state index contributed by atoms with van der Waals surface area (Å²) in [5, 5.41) is 0. The molecule has 0 spiro atoms. The monoisotopic (exact) mass is 321 g/mol. The minimum Gasteiger partial charge on any atom is -0.497 e. The molecule has 2 rings (SSSR count). The highest BCUT2D eigenvalue weighted by molar-refractivity contribution is 9.10.